The van der Waals surface area contributed by atoms with Gasteiger partial charge in [0.1, 0.15) is 12.2 Å². The second kappa shape index (κ2) is 7.36. The summed E-state index contributed by atoms with van der Waals surface area (Å²) >= 11 is 6.11. The van der Waals surface area contributed by atoms with Gasteiger partial charge >= 0.3 is 6.09 Å². The number of nitrogens with two attached hydrogens (primary N) is 1. The van der Waals surface area contributed by atoms with E-state index in [-0.39, 0.29) is 0 Å². The maximum Gasteiger partial charge on any atom is 0.404 e. The Morgan fingerprint density at radius 1 is 1.53 bits per heavy atom. The molecule has 0 aromatic heterocycles. The highest BCUT2D eigenvalue weighted by Crippen LogP contribution is 2.31. The maximum absolute atomic E-state index is 10.9. The molecule has 0 spiro atoms. The van der Waals surface area contributed by atoms with E-state index in [1.165, 1.54) is 0 Å². The Kier molecular flexibility index (Phi) is 6.12. The first-order valence-electron chi connectivity index (χ1n) is 6.36. The molecule has 5 heteroatoms. The van der Waals surface area contributed by atoms with Gasteiger partial charge in [0.2, 0.25) is 0 Å². The number of rotatable bonds is 6. The summed E-state index contributed by atoms with van der Waals surface area (Å²) in [6.07, 6.45) is -0.204. The zero-order chi connectivity index (χ0) is 14.4. The van der Waals surface area contributed by atoms with E-state index >= 15 is 0 Å². The van der Waals surface area contributed by atoms with Crippen molar-refractivity contribution in [2.24, 2.45) is 5.73 Å². The number of aliphatic hydroxyl groups is 1. The lowest BCUT2D eigenvalue weighted by Gasteiger charge is -2.24. The predicted octanol–water partition coefficient (Wildman–Crippen LogP) is 3.34. The van der Waals surface area contributed by atoms with Gasteiger partial charge in [0.05, 0.1) is 0 Å². The molecule has 0 unspecified atom stereocenters. The molecule has 1 amide bonds. The fourth-order valence-corrected chi connectivity index (χ4v) is 2.37. The number of ether oxygens (including phenoxy) is 1. The van der Waals surface area contributed by atoms with Crippen molar-refractivity contribution in [3.8, 4) is 0 Å². The first kappa shape index (κ1) is 15.8. The number of carbonyl (C=O) groups excluding carboxylic acids is 1. The molecule has 106 valence electrons. The van der Waals surface area contributed by atoms with E-state index < -0.39 is 18.3 Å². The Hall–Kier alpha value is -1.26. The Morgan fingerprint density at radius 2 is 2.21 bits per heavy atom. The highest BCUT2D eigenvalue weighted by molar-refractivity contribution is 6.31. The molecule has 0 heterocycles. The number of aliphatic hydroxyl groups excluding tert-OH is 1. The molecule has 0 aliphatic rings. The van der Waals surface area contributed by atoms with Crippen LogP contribution in [0.2, 0.25) is 5.02 Å². The van der Waals surface area contributed by atoms with Crippen LogP contribution in [0.5, 0.6) is 0 Å². The van der Waals surface area contributed by atoms with Crippen LogP contribution in [-0.2, 0) is 4.74 Å². The Morgan fingerprint density at radius 3 is 2.74 bits per heavy atom. The zero-order valence-corrected chi connectivity index (χ0v) is 12.0. The third kappa shape index (κ3) is 4.40. The van der Waals surface area contributed by atoms with Crippen LogP contribution in [0.1, 0.15) is 43.4 Å². The van der Waals surface area contributed by atoms with Gasteiger partial charge in [-0.15, -0.1) is 0 Å². The molecule has 1 aromatic carbocycles. The first-order valence-corrected chi connectivity index (χ1v) is 6.74. The van der Waals surface area contributed by atoms with Gasteiger partial charge in [-0.25, -0.2) is 4.79 Å². The van der Waals surface area contributed by atoms with Crippen molar-refractivity contribution >= 4 is 17.7 Å². The van der Waals surface area contributed by atoms with Crippen molar-refractivity contribution in [2.45, 2.75) is 45.3 Å². The minimum absolute atomic E-state index is 0.460. The van der Waals surface area contributed by atoms with Crippen molar-refractivity contribution in [3.05, 3.63) is 34.3 Å². The zero-order valence-electron chi connectivity index (χ0n) is 11.2. The minimum Gasteiger partial charge on any atom is -0.443 e. The predicted molar refractivity (Wildman–Crippen MR) is 75.1 cm³/mol. The fraction of sp³-hybridized carbons (Fsp3) is 0.500. The third-order valence-electron chi connectivity index (χ3n) is 3.03. The lowest BCUT2D eigenvalue weighted by Crippen LogP contribution is -2.29. The summed E-state index contributed by atoms with van der Waals surface area (Å²) in [4.78, 5) is 10.9. The van der Waals surface area contributed by atoms with Crippen LogP contribution < -0.4 is 5.73 Å². The highest BCUT2D eigenvalue weighted by atomic mass is 35.5. The number of aryl methyl sites for hydroxylation is 1. The molecular formula is C14H20ClNO3. The second-order valence-electron chi connectivity index (χ2n) is 4.53. The van der Waals surface area contributed by atoms with Crippen molar-refractivity contribution in [3.63, 3.8) is 0 Å². The van der Waals surface area contributed by atoms with E-state index in [0.29, 0.717) is 17.0 Å². The monoisotopic (exact) mass is 285 g/mol. The SMILES string of the molecule is CCCC[C@H](OC(N)=O)[C@@H](O)c1c(C)cccc1Cl. The largest absolute Gasteiger partial charge is 0.443 e. The molecule has 0 fully saturated rings. The quantitative estimate of drug-likeness (QED) is 0.842. The van der Waals surface area contributed by atoms with Crippen LogP contribution in [0.4, 0.5) is 4.79 Å². The van der Waals surface area contributed by atoms with E-state index in [2.05, 4.69) is 0 Å². The smallest absolute Gasteiger partial charge is 0.404 e. The van der Waals surface area contributed by atoms with Gasteiger partial charge in [-0.2, -0.15) is 0 Å². The summed E-state index contributed by atoms with van der Waals surface area (Å²) in [6.45, 7) is 3.88. The van der Waals surface area contributed by atoms with Crippen LogP contribution in [0, 0.1) is 6.92 Å². The van der Waals surface area contributed by atoms with Gasteiger partial charge in [-0.05, 0) is 31.4 Å². The molecule has 0 aliphatic heterocycles. The molecule has 0 saturated heterocycles. The minimum atomic E-state index is -0.965. The molecule has 1 rings (SSSR count). The molecule has 0 bridgehead atoms. The number of unbranched alkanes of at least 4 members (excludes halogenated alkanes) is 1. The van der Waals surface area contributed by atoms with E-state index in [9.17, 15) is 9.90 Å². The number of hydrogen-bond donors (Lipinski definition) is 2. The Bertz CT molecular complexity index is 416. The number of primary amides is 1. The normalized spacial score (nSPS) is 13.9. The van der Waals surface area contributed by atoms with Crippen molar-refractivity contribution in [1.82, 2.24) is 0 Å². The molecule has 4 nitrogen and oxygen atoms in total. The van der Waals surface area contributed by atoms with Gasteiger partial charge in [0.25, 0.3) is 0 Å². The molecule has 1 aromatic rings. The van der Waals surface area contributed by atoms with Crippen LogP contribution in [-0.4, -0.2) is 17.3 Å². The number of benzene rings is 1. The maximum atomic E-state index is 10.9. The first-order chi connectivity index (χ1) is 8.97. The third-order valence-corrected chi connectivity index (χ3v) is 3.36. The van der Waals surface area contributed by atoms with Crippen LogP contribution in [0.25, 0.3) is 0 Å². The molecule has 19 heavy (non-hydrogen) atoms. The van der Waals surface area contributed by atoms with Gasteiger partial charge in [0.15, 0.2) is 0 Å². The summed E-state index contributed by atoms with van der Waals surface area (Å²) in [7, 11) is 0. The van der Waals surface area contributed by atoms with Crippen LogP contribution >= 0.6 is 11.6 Å². The second-order valence-corrected chi connectivity index (χ2v) is 4.94. The fourth-order valence-electron chi connectivity index (χ4n) is 2.04. The van der Waals surface area contributed by atoms with E-state index in [4.69, 9.17) is 22.1 Å². The molecule has 0 radical (unpaired) electrons. The van der Waals surface area contributed by atoms with E-state index in [1.54, 1.807) is 6.07 Å². The van der Waals surface area contributed by atoms with Crippen LogP contribution in [0.15, 0.2) is 18.2 Å². The van der Waals surface area contributed by atoms with E-state index in [0.717, 1.165) is 18.4 Å². The van der Waals surface area contributed by atoms with Gasteiger partial charge in [-0.1, -0.05) is 37.1 Å². The summed E-state index contributed by atoms with van der Waals surface area (Å²) in [5.41, 5.74) is 6.50. The summed E-state index contributed by atoms with van der Waals surface area (Å²) in [5.74, 6) is 0. The molecular weight excluding hydrogens is 266 g/mol. The van der Waals surface area contributed by atoms with Gasteiger partial charge < -0.3 is 15.6 Å². The van der Waals surface area contributed by atoms with Crippen LogP contribution in [0.3, 0.4) is 0 Å². The summed E-state index contributed by atoms with van der Waals surface area (Å²) < 4.78 is 5.01. The number of halogens is 1. The lowest BCUT2D eigenvalue weighted by molar-refractivity contribution is -0.000549. The average molecular weight is 286 g/mol. The molecule has 3 N–H and O–H groups in total. The topological polar surface area (TPSA) is 72.5 Å². The van der Waals surface area contributed by atoms with Crippen molar-refractivity contribution in [1.29, 1.82) is 0 Å². The van der Waals surface area contributed by atoms with E-state index in [1.807, 2.05) is 26.0 Å². The van der Waals surface area contributed by atoms with Crippen molar-refractivity contribution in [2.75, 3.05) is 0 Å². The molecule has 0 aliphatic carbocycles. The van der Waals surface area contributed by atoms with Gasteiger partial charge in [0, 0.05) is 10.6 Å². The number of carbonyl (C=O) groups is 1. The Balaban J connectivity index is 2.97. The standard InChI is InChI=1S/C14H20ClNO3/c1-3-4-8-11(19-14(16)18)13(17)12-9(2)6-5-7-10(12)15/h5-7,11,13,17H,3-4,8H2,1-2H3,(H2,16,18)/t11-,13+/m0/s1. The summed E-state index contributed by atoms with van der Waals surface area (Å²) in [5, 5.41) is 10.9. The van der Waals surface area contributed by atoms with Gasteiger partial charge in [-0.3, -0.25) is 0 Å². The summed E-state index contributed by atoms with van der Waals surface area (Å²) in [6, 6.07) is 5.36. The van der Waals surface area contributed by atoms with Crippen molar-refractivity contribution < 1.29 is 14.6 Å². The lowest BCUT2D eigenvalue weighted by atomic mass is 9.96. The Labute approximate surface area is 118 Å². The molecule has 0 saturated carbocycles. The number of amides is 1. The highest BCUT2D eigenvalue weighted by Gasteiger charge is 2.26. The molecule has 2 atom stereocenters. The number of hydrogen-bond acceptors (Lipinski definition) is 3. The average Bonchev–Trinajstić information content (AvgIpc) is 2.33.